The van der Waals surface area contributed by atoms with Gasteiger partial charge in [-0.15, -0.1) is 11.3 Å². The lowest BCUT2D eigenvalue weighted by Crippen LogP contribution is -2.07. The summed E-state index contributed by atoms with van der Waals surface area (Å²) >= 11 is 5.17. The molecule has 1 N–H and O–H groups in total. The van der Waals surface area contributed by atoms with E-state index in [4.69, 9.17) is 0 Å². The molecule has 0 amide bonds. The van der Waals surface area contributed by atoms with Crippen LogP contribution < -0.4 is 5.32 Å². The van der Waals surface area contributed by atoms with Crippen LogP contribution in [-0.2, 0) is 13.1 Å². The molecule has 0 spiro atoms. The minimum Gasteiger partial charge on any atom is -0.366 e. The van der Waals surface area contributed by atoms with Crippen molar-refractivity contribution in [3.05, 3.63) is 33.1 Å². The van der Waals surface area contributed by atoms with Gasteiger partial charge in [-0.2, -0.15) is 5.10 Å². The van der Waals surface area contributed by atoms with E-state index in [0.29, 0.717) is 0 Å². The molecular formula is C11H14BrN3S. The Morgan fingerprint density at radius 3 is 3.12 bits per heavy atom. The second-order valence-electron chi connectivity index (χ2n) is 3.55. The van der Waals surface area contributed by atoms with Gasteiger partial charge in [0, 0.05) is 19.2 Å². The van der Waals surface area contributed by atoms with Gasteiger partial charge in [-0.3, -0.25) is 0 Å². The maximum Gasteiger partial charge on any atom is 0.124 e. The lowest BCUT2D eigenvalue weighted by molar-refractivity contribution is 0.607. The zero-order chi connectivity index (χ0) is 11.4. The molecule has 0 aliphatic carbocycles. The Kier molecular flexibility index (Phi) is 4.01. The molecule has 0 atom stereocenters. The molecular weight excluding hydrogens is 286 g/mol. The highest BCUT2D eigenvalue weighted by atomic mass is 79.9. The van der Waals surface area contributed by atoms with Gasteiger partial charge in [0.05, 0.1) is 9.98 Å². The predicted molar refractivity (Wildman–Crippen MR) is 71.9 cm³/mol. The Hall–Kier alpha value is -0.810. The lowest BCUT2D eigenvalue weighted by atomic mass is 10.3. The monoisotopic (exact) mass is 299 g/mol. The fourth-order valence-electron chi connectivity index (χ4n) is 1.50. The molecule has 0 bridgehead atoms. The molecule has 2 heterocycles. The minimum absolute atomic E-state index is 0.845. The molecule has 2 aromatic heterocycles. The first-order valence-corrected chi connectivity index (χ1v) is 6.95. The lowest BCUT2D eigenvalue weighted by Gasteiger charge is -2.07. The van der Waals surface area contributed by atoms with Crippen molar-refractivity contribution in [3.63, 3.8) is 0 Å². The number of hydrogen-bond acceptors (Lipinski definition) is 3. The van der Waals surface area contributed by atoms with Crippen molar-refractivity contribution in [1.82, 2.24) is 9.78 Å². The number of nitrogens with zero attached hydrogens (tertiary/aromatic N) is 2. The van der Waals surface area contributed by atoms with Crippen molar-refractivity contribution in [3.8, 4) is 0 Å². The van der Waals surface area contributed by atoms with Crippen molar-refractivity contribution in [2.45, 2.75) is 26.4 Å². The molecule has 0 fully saturated rings. The quantitative estimate of drug-likeness (QED) is 0.912. The van der Waals surface area contributed by atoms with Gasteiger partial charge in [-0.25, -0.2) is 4.68 Å². The third kappa shape index (κ3) is 2.86. The Bertz CT molecular complexity index is 450. The summed E-state index contributed by atoms with van der Waals surface area (Å²) in [6.07, 6.45) is 2.93. The van der Waals surface area contributed by atoms with Gasteiger partial charge in [0.1, 0.15) is 5.82 Å². The molecule has 5 heteroatoms. The molecule has 0 saturated carbocycles. The van der Waals surface area contributed by atoms with E-state index >= 15 is 0 Å². The van der Waals surface area contributed by atoms with Crippen LogP contribution in [0.2, 0.25) is 0 Å². The zero-order valence-electron chi connectivity index (χ0n) is 9.11. The molecule has 86 valence electrons. The number of halogens is 1. The van der Waals surface area contributed by atoms with E-state index in [0.717, 1.165) is 25.3 Å². The van der Waals surface area contributed by atoms with E-state index in [2.05, 4.69) is 44.7 Å². The van der Waals surface area contributed by atoms with Gasteiger partial charge >= 0.3 is 0 Å². The van der Waals surface area contributed by atoms with E-state index in [1.807, 2.05) is 16.9 Å². The minimum atomic E-state index is 0.845. The summed E-state index contributed by atoms with van der Waals surface area (Å²) in [4.78, 5) is 0. The average molecular weight is 300 g/mol. The predicted octanol–water partition coefficient (Wildman–Crippen LogP) is 3.73. The second kappa shape index (κ2) is 5.50. The topological polar surface area (TPSA) is 29.9 Å². The summed E-state index contributed by atoms with van der Waals surface area (Å²) in [5.74, 6) is 1.09. The standard InChI is InChI=1S/C11H14BrN3S/c1-2-5-15-11(3-4-14-15)13-7-9-6-10(12)16-8-9/h3-4,6,8,13H,2,5,7H2,1H3. The molecule has 2 aromatic rings. The zero-order valence-corrected chi connectivity index (χ0v) is 11.5. The number of anilines is 1. The smallest absolute Gasteiger partial charge is 0.124 e. The highest BCUT2D eigenvalue weighted by Gasteiger charge is 2.02. The van der Waals surface area contributed by atoms with E-state index in [1.165, 1.54) is 9.35 Å². The second-order valence-corrected chi connectivity index (χ2v) is 5.84. The first-order chi connectivity index (χ1) is 7.79. The number of rotatable bonds is 5. The van der Waals surface area contributed by atoms with Crippen molar-refractivity contribution in [1.29, 1.82) is 0 Å². The van der Waals surface area contributed by atoms with Crippen LogP contribution >= 0.6 is 27.3 Å². The van der Waals surface area contributed by atoms with Gasteiger partial charge in [0.15, 0.2) is 0 Å². The number of aryl methyl sites for hydroxylation is 1. The Morgan fingerprint density at radius 1 is 1.56 bits per heavy atom. The third-order valence-corrected chi connectivity index (χ3v) is 3.80. The maximum atomic E-state index is 4.27. The van der Waals surface area contributed by atoms with Crippen LogP contribution in [0.15, 0.2) is 27.5 Å². The van der Waals surface area contributed by atoms with Crippen molar-refractivity contribution in [2.24, 2.45) is 0 Å². The fourth-order valence-corrected chi connectivity index (χ4v) is 2.71. The van der Waals surface area contributed by atoms with E-state index in [-0.39, 0.29) is 0 Å². The first kappa shape index (κ1) is 11.7. The average Bonchev–Trinajstić information content (AvgIpc) is 2.85. The number of aromatic nitrogens is 2. The summed E-state index contributed by atoms with van der Waals surface area (Å²) in [5.41, 5.74) is 1.29. The molecule has 0 unspecified atom stereocenters. The largest absolute Gasteiger partial charge is 0.366 e. The molecule has 3 nitrogen and oxygen atoms in total. The van der Waals surface area contributed by atoms with Crippen LogP contribution in [0.5, 0.6) is 0 Å². The summed E-state index contributed by atoms with van der Waals surface area (Å²) in [6.45, 7) is 3.96. The van der Waals surface area contributed by atoms with Crippen molar-refractivity contribution < 1.29 is 0 Å². The van der Waals surface area contributed by atoms with Crippen LogP contribution in [-0.4, -0.2) is 9.78 Å². The summed E-state index contributed by atoms with van der Waals surface area (Å²) < 4.78 is 3.17. The van der Waals surface area contributed by atoms with Crippen LogP contribution in [0.1, 0.15) is 18.9 Å². The van der Waals surface area contributed by atoms with E-state index in [9.17, 15) is 0 Å². The summed E-state index contributed by atoms with van der Waals surface area (Å²) in [6, 6.07) is 4.15. The van der Waals surface area contributed by atoms with Gasteiger partial charge in [-0.1, -0.05) is 6.92 Å². The Balaban J connectivity index is 1.96. The van der Waals surface area contributed by atoms with Crippen LogP contribution in [0.4, 0.5) is 5.82 Å². The number of nitrogens with one attached hydrogen (secondary N) is 1. The van der Waals surface area contributed by atoms with Crippen LogP contribution in [0.3, 0.4) is 0 Å². The molecule has 2 rings (SSSR count). The fraction of sp³-hybridized carbons (Fsp3) is 0.364. The first-order valence-electron chi connectivity index (χ1n) is 5.28. The van der Waals surface area contributed by atoms with E-state index in [1.54, 1.807) is 11.3 Å². The molecule has 0 aliphatic heterocycles. The van der Waals surface area contributed by atoms with Crippen molar-refractivity contribution in [2.75, 3.05) is 5.32 Å². The molecule has 0 saturated heterocycles. The number of hydrogen-bond donors (Lipinski definition) is 1. The van der Waals surface area contributed by atoms with E-state index < -0.39 is 0 Å². The SMILES string of the molecule is CCCn1nccc1NCc1csc(Br)c1. The Morgan fingerprint density at radius 2 is 2.44 bits per heavy atom. The van der Waals surface area contributed by atoms with Crippen molar-refractivity contribution >= 4 is 33.1 Å². The molecule has 0 aromatic carbocycles. The van der Waals surface area contributed by atoms with Crippen LogP contribution in [0, 0.1) is 0 Å². The highest BCUT2D eigenvalue weighted by Crippen LogP contribution is 2.21. The molecule has 0 radical (unpaired) electrons. The van der Waals surface area contributed by atoms with Gasteiger partial charge in [-0.05, 0) is 39.4 Å². The number of thiophene rings is 1. The summed E-state index contributed by atoms with van der Waals surface area (Å²) in [7, 11) is 0. The molecule has 0 aliphatic rings. The summed E-state index contributed by atoms with van der Waals surface area (Å²) in [5, 5.41) is 9.82. The van der Waals surface area contributed by atoms with Crippen LogP contribution in [0.25, 0.3) is 0 Å². The van der Waals surface area contributed by atoms with Gasteiger partial charge in [0.2, 0.25) is 0 Å². The molecule has 16 heavy (non-hydrogen) atoms. The Labute approximate surface area is 108 Å². The third-order valence-electron chi connectivity index (χ3n) is 2.25. The normalized spacial score (nSPS) is 10.6. The highest BCUT2D eigenvalue weighted by molar-refractivity contribution is 9.11. The van der Waals surface area contributed by atoms with Gasteiger partial charge < -0.3 is 5.32 Å². The van der Waals surface area contributed by atoms with Gasteiger partial charge in [0.25, 0.3) is 0 Å². The maximum absolute atomic E-state index is 4.27.